The lowest BCUT2D eigenvalue weighted by atomic mass is 10.2. The van der Waals surface area contributed by atoms with E-state index in [2.05, 4.69) is 10.6 Å². The lowest BCUT2D eigenvalue weighted by Gasteiger charge is -2.23. The van der Waals surface area contributed by atoms with Crippen LogP contribution in [0.15, 0.2) is 0 Å². The zero-order valence-corrected chi connectivity index (χ0v) is 13.0. The number of carbonyl (C=O) groups excluding carboxylic acids is 2. The van der Waals surface area contributed by atoms with Gasteiger partial charge in [0, 0.05) is 26.2 Å². The zero-order chi connectivity index (χ0) is 16.4. The van der Waals surface area contributed by atoms with E-state index in [9.17, 15) is 14.4 Å². The highest BCUT2D eigenvalue weighted by atomic mass is 16.5. The van der Waals surface area contributed by atoms with Gasteiger partial charge in [0.1, 0.15) is 6.54 Å². The Morgan fingerprint density at radius 1 is 1.29 bits per heavy atom. The van der Waals surface area contributed by atoms with Crippen molar-refractivity contribution in [1.29, 1.82) is 0 Å². The van der Waals surface area contributed by atoms with Crippen LogP contribution in [0.5, 0.6) is 0 Å². The van der Waals surface area contributed by atoms with Crippen molar-refractivity contribution in [2.24, 2.45) is 0 Å². The molecule has 21 heavy (non-hydrogen) atoms. The highest BCUT2D eigenvalue weighted by Gasteiger charge is 2.18. The molecule has 0 spiro atoms. The number of nitrogens with one attached hydrogen (secondary N) is 2. The number of nitrogens with zero attached hydrogens (tertiary/aromatic N) is 1. The first-order valence-corrected chi connectivity index (χ1v) is 6.86. The van der Waals surface area contributed by atoms with Gasteiger partial charge in [0.15, 0.2) is 0 Å². The second-order valence-electron chi connectivity index (χ2n) is 4.88. The molecule has 0 aliphatic rings. The van der Waals surface area contributed by atoms with Gasteiger partial charge in [-0.05, 0) is 20.8 Å². The molecule has 0 saturated carbocycles. The monoisotopic (exact) mass is 303 g/mol. The summed E-state index contributed by atoms with van der Waals surface area (Å²) in [5.41, 5.74) is 0. The van der Waals surface area contributed by atoms with Crippen molar-refractivity contribution in [3.05, 3.63) is 0 Å². The summed E-state index contributed by atoms with van der Waals surface area (Å²) in [7, 11) is 1.38. The number of hydrogen-bond donors (Lipinski definition) is 3. The third-order valence-corrected chi connectivity index (χ3v) is 2.67. The molecule has 122 valence electrons. The molecule has 8 nitrogen and oxygen atoms in total. The summed E-state index contributed by atoms with van der Waals surface area (Å²) >= 11 is 0. The second-order valence-corrected chi connectivity index (χ2v) is 4.88. The molecule has 0 heterocycles. The summed E-state index contributed by atoms with van der Waals surface area (Å²) in [6.07, 6.45) is -0.800. The van der Waals surface area contributed by atoms with Gasteiger partial charge < -0.3 is 25.4 Å². The molecule has 0 aliphatic carbocycles. The van der Waals surface area contributed by atoms with E-state index in [1.54, 1.807) is 6.92 Å². The van der Waals surface area contributed by atoms with Gasteiger partial charge in [0.05, 0.1) is 12.5 Å². The first-order valence-electron chi connectivity index (χ1n) is 6.86. The number of methoxy groups -OCH3 is 1. The fourth-order valence-electron chi connectivity index (χ4n) is 1.61. The second kappa shape index (κ2) is 9.98. The predicted molar refractivity (Wildman–Crippen MR) is 77.0 cm³/mol. The number of urea groups is 1. The third-order valence-electron chi connectivity index (χ3n) is 2.67. The van der Waals surface area contributed by atoms with Crippen molar-refractivity contribution in [3.8, 4) is 0 Å². The van der Waals surface area contributed by atoms with Crippen LogP contribution in [0, 0.1) is 0 Å². The number of aliphatic carboxylic acids is 1. The van der Waals surface area contributed by atoms with E-state index < -0.39 is 18.1 Å². The maximum atomic E-state index is 11.9. The van der Waals surface area contributed by atoms with Crippen LogP contribution >= 0.6 is 0 Å². The maximum absolute atomic E-state index is 11.9. The first kappa shape index (κ1) is 19.2. The molecule has 3 N–H and O–H groups in total. The highest BCUT2D eigenvalue weighted by Crippen LogP contribution is 1.97. The van der Waals surface area contributed by atoms with Gasteiger partial charge in [-0.3, -0.25) is 9.59 Å². The molecule has 0 aromatic carbocycles. The van der Waals surface area contributed by atoms with Crippen LogP contribution < -0.4 is 10.6 Å². The summed E-state index contributed by atoms with van der Waals surface area (Å²) in [5, 5.41) is 14.0. The third kappa shape index (κ3) is 8.85. The summed E-state index contributed by atoms with van der Waals surface area (Å²) < 4.78 is 4.97. The van der Waals surface area contributed by atoms with Gasteiger partial charge in [-0.2, -0.15) is 0 Å². The van der Waals surface area contributed by atoms with Crippen molar-refractivity contribution < 1.29 is 24.2 Å². The normalized spacial score (nSPS) is 11.9. The molecule has 0 aromatic rings. The van der Waals surface area contributed by atoms with Crippen LogP contribution in [0.3, 0.4) is 0 Å². The van der Waals surface area contributed by atoms with Crippen molar-refractivity contribution in [2.45, 2.75) is 39.3 Å². The lowest BCUT2D eigenvalue weighted by Crippen LogP contribution is -2.48. The summed E-state index contributed by atoms with van der Waals surface area (Å²) in [4.78, 5) is 35.5. The Bertz CT molecular complexity index is 360. The fourth-order valence-corrected chi connectivity index (χ4v) is 1.61. The van der Waals surface area contributed by atoms with E-state index in [1.807, 2.05) is 13.8 Å². The Labute approximate surface area is 124 Å². The maximum Gasteiger partial charge on any atom is 0.317 e. The van der Waals surface area contributed by atoms with Crippen LogP contribution in [-0.2, 0) is 14.3 Å². The average molecular weight is 303 g/mol. The zero-order valence-electron chi connectivity index (χ0n) is 13.0. The molecule has 0 fully saturated rings. The molecule has 0 bridgehead atoms. The minimum Gasteiger partial charge on any atom is -0.481 e. The number of amides is 3. The Morgan fingerprint density at radius 2 is 1.90 bits per heavy atom. The van der Waals surface area contributed by atoms with Crippen LogP contribution in [0.4, 0.5) is 4.79 Å². The first-order chi connectivity index (χ1) is 9.79. The van der Waals surface area contributed by atoms with Crippen molar-refractivity contribution in [3.63, 3.8) is 0 Å². The minimum atomic E-state index is -1.00. The summed E-state index contributed by atoms with van der Waals surface area (Å²) in [6, 6.07) is -0.420. The Kier molecular flexibility index (Phi) is 9.11. The summed E-state index contributed by atoms with van der Waals surface area (Å²) in [5.74, 6) is -1.24. The quantitative estimate of drug-likeness (QED) is 0.557. The number of ether oxygens (including phenoxy) is 1. The standard InChI is InChI=1S/C13H25N3O5/c1-5-16(8-11(17)15-9(2)3)13(20)14-7-10(21-4)6-12(18)19/h9-10H,5-8H2,1-4H3,(H,14,20)(H,15,17)(H,18,19). The van der Waals surface area contributed by atoms with E-state index in [0.717, 1.165) is 0 Å². The van der Waals surface area contributed by atoms with Crippen LogP contribution in [-0.4, -0.2) is 66.8 Å². The van der Waals surface area contributed by atoms with Crippen LogP contribution in [0.25, 0.3) is 0 Å². The Hall–Kier alpha value is -1.83. The van der Waals surface area contributed by atoms with Gasteiger partial charge >= 0.3 is 12.0 Å². The van der Waals surface area contributed by atoms with E-state index >= 15 is 0 Å². The average Bonchev–Trinajstić information content (AvgIpc) is 2.39. The molecule has 0 aromatic heterocycles. The van der Waals surface area contributed by atoms with Crippen molar-refractivity contribution in [1.82, 2.24) is 15.5 Å². The SMILES string of the molecule is CCN(CC(=O)NC(C)C)C(=O)NCC(CC(=O)O)OC. The van der Waals surface area contributed by atoms with Gasteiger partial charge in [0.2, 0.25) is 5.91 Å². The van der Waals surface area contributed by atoms with E-state index in [1.165, 1.54) is 12.0 Å². The number of likely N-dealkylation sites (N-methyl/N-ethyl adjacent to an activating group) is 1. The van der Waals surface area contributed by atoms with Gasteiger partial charge in [0.25, 0.3) is 0 Å². The van der Waals surface area contributed by atoms with Gasteiger partial charge in [-0.25, -0.2) is 4.79 Å². The van der Waals surface area contributed by atoms with E-state index in [4.69, 9.17) is 9.84 Å². The Balaban J connectivity index is 4.32. The molecular formula is C13H25N3O5. The molecule has 0 aliphatic heterocycles. The number of hydrogen-bond acceptors (Lipinski definition) is 4. The largest absolute Gasteiger partial charge is 0.481 e. The number of carbonyl (C=O) groups is 3. The molecule has 3 amide bonds. The lowest BCUT2D eigenvalue weighted by molar-refractivity contribution is -0.139. The van der Waals surface area contributed by atoms with Crippen LogP contribution in [0.1, 0.15) is 27.2 Å². The smallest absolute Gasteiger partial charge is 0.317 e. The molecule has 0 saturated heterocycles. The molecule has 0 radical (unpaired) electrons. The van der Waals surface area contributed by atoms with Crippen molar-refractivity contribution >= 4 is 17.9 Å². The van der Waals surface area contributed by atoms with Gasteiger partial charge in [-0.1, -0.05) is 0 Å². The topological polar surface area (TPSA) is 108 Å². The number of carboxylic acids is 1. The van der Waals surface area contributed by atoms with Crippen LogP contribution in [0.2, 0.25) is 0 Å². The highest BCUT2D eigenvalue weighted by molar-refractivity contribution is 5.84. The molecule has 1 unspecified atom stereocenters. The van der Waals surface area contributed by atoms with E-state index in [-0.39, 0.29) is 31.5 Å². The van der Waals surface area contributed by atoms with Gasteiger partial charge in [-0.15, -0.1) is 0 Å². The number of carboxylic acid groups (broad SMARTS) is 1. The molecule has 1 atom stereocenters. The minimum absolute atomic E-state index is 0.00713. The Morgan fingerprint density at radius 3 is 2.33 bits per heavy atom. The summed E-state index contributed by atoms with van der Waals surface area (Å²) in [6.45, 7) is 5.83. The predicted octanol–water partition coefficient (Wildman–Crippen LogP) is 0.0322. The molecule has 8 heteroatoms. The van der Waals surface area contributed by atoms with Crippen molar-refractivity contribution in [2.75, 3.05) is 26.7 Å². The molecular weight excluding hydrogens is 278 g/mol. The van der Waals surface area contributed by atoms with E-state index in [0.29, 0.717) is 6.54 Å². The number of rotatable bonds is 9. The fraction of sp³-hybridized carbons (Fsp3) is 0.769. The molecule has 0 rings (SSSR count).